The van der Waals surface area contributed by atoms with Gasteiger partial charge in [0.05, 0.1) is 15.1 Å². The van der Waals surface area contributed by atoms with Gasteiger partial charge in [-0.15, -0.1) is 0 Å². The third-order valence-electron chi connectivity index (χ3n) is 2.81. The molecule has 2 rings (SSSR count). The Labute approximate surface area is 249 Å². The van der Waals surface area contributed by atoms with E-state index in [9.17, 15) is 26.3 Å². The SMILES string of the molecule is O.O.O=P(O)(Oc1ccc(S(=O)(=O)O)cc1)c1ccc(S(=O)(=O)O)cc1.[H-].[H-].[K+].[K+]. The molecule has 2 aromatic carbocycles. The van der Waals surface area contributed by atoms with Crippen molar-refractivity contribution in [2.45, 2.75) is 9.79 Å². The molecule has 7 N–H and O–H groups in total. The van der Waals surface area contributed by atoms with Crippen LogP contribution in [-0.4, -0.2) is 41.8 Å². The van der Waals surface area contributed by atoms with Gasteiger partial charge in [-0.25, -0.2) is 4.57 Å². The van der Waals surface area contributed by atoms with Gasteiger partial charge in [-0.1, -0.05) is 0 Å². The minimum atomic E-state index is -4.44. The molecule has 0 heterocycles. The smallest absolute Gasteiger partial charge is 1.00 e. The molecule has 0 saturated heterocycles. The summed E-state index contributed by atoms with van der Waals surface area (Å²) in [4.78, 5) is 9.04. The van der Waals surface area contributed by atoms with Gasteiger partial charge in [0.1, 0.15) is 5.75 Å². The summed E-state index contributed by atoms with van der Waals surface area (Å²) in [5.41, 5.74) is 0. The third-order valence-corrected chi connectivity index (χ3v) is 5.96. The summed E-state index contributed by atoms with van der Waals surface area (Å²) in [6.45, 7) is 0. The Morgan fingerprint density at radius 3 is 1.39 bits per heavy atom. The first kappa shape index (κ1) is 34.1. The molecule has 16 heteroatoms. The summed E-state index contributed by atoms with van der Waals surface area (Å²) in [7, 11) is -13.2. The zero-order valence-corrected chi connectivity index (χ0v) is 23.4. The second-order valence-electron chi connectivity index (χ2n) is 4.53. The van der Waals surface area contributed by atoms with E-state index in [2.05, 4.69) is 0 Å². The van der Waals surface area contributed by atoms with Crippen molar-refractivity contribution in [3.63, 3.8) is 0 Å². The van der Waals surface area contributed by atoms with Gasteiger partial charge >= 0.3 is 110 Å². The van der Waals surface area contributed by atoms with Crippen molar-refractivity contribution in [3.8, 4) is 5.75 Å². The van der Waals surface area contributed by atoms with Crippen LogP contribution < -0.4 is 113 Å². The maximum absolute atomic E-state index is 12.2. The summed E-state index contributed by atoms with van der Waals surface area (Å²) < 4.78 is 78.4. The van der Waals surface area contributed by atoms with E-state index in [1.165, 1.54) is 0 Å². The van der Waals surface area contributed by atoms with E-state index in [1.807, 2.05) is 0 Å². The largest absolute Gasteiger partial charge is 1.00 e. The molecule has 1 unspecified atom stereocenters. The molecule has 0 aliphatic rings. The maximum atomic E-state index is 12.2. The Bertz CT molecular complexity index is 1020. The minimum absolute atomic E-state index is 0. The van der Waals surface area contributed by atoms with Crippen LogP contribution in [0.3, 0.4) is 0 Å². The molecule has 1 atom stereocenters. The van der Waals surface area contributed by atoms with Crippen molar-refractivity contribution in [2.75, 3.05) is 0 Å². The second kappa shape index (κ2) is 13.1. The Kier molecular flexibility index (Phi) is 15.9. The molecule has 0 aliphatic heterocycles. The molecular formula is C12H17K2O11PS2. The van der Waals surface area contributed by atoms with Gasteiger partial charge in [-0.3, -0.25) is 9.11 Å². The van der Waals surface area contributed by atoms with Gasteiger partial charge in [0, 0.05) is 0 Å². The fourth-order valence-electron chi connectivity index (χ4n) is 1.67. The van der Waals surface area contributed by atoms with Gasteiger partial charge < -0.3 is 23.2 Å². The van der Waals surface area contributed by atoms with E-state index in [1.54, 1.807) is 0 Å². The molecular weight excluding hydrogens is 493 g/mol. The fraction of sp³-hybridized carbons (Fsp3) is 0. The zero-order valence-electron chi connectivity index (χ0n) is 16.7. The summed E-state index contributed by atoms with van der Waals surface area (Å²) >= 11 is 0. The van der Waals surface area contributed by atoms with Crippen molar-refractivity contribution in [2.24, 2.45) is 0 Å². The molecule has 0 aliphatic carbocycles. The Hall–Kier alpha value is 1.44. The standard InChI is InChI=1S/C12H11O9PS2.2K.2H2O.2H/c13-22(14,10-3-7-12(8-4-10)24(18,19)20)21-9-1-5-11(6-2-9)23(15,16)17;;;;;;/h1-8H,(H,13,14)(H,15,16,17)(H,18,19,20);;;2*1H2;;/q;2*+1;;;2*-1. The molecule has 0 radical (unpaired) electrons. The minimum Gasteiger partial charge on any atom is -1.00 e. The summed E-state index contributed by atoms with van der Waals surface area (Å²) in [5, 5.41) is -0.242. The molecule has 2 aromatic rings. The van der Waals surface area contributed by atoms with Crippen LogP contribution in [0.15, 0.2) is 58.3 Å². The van der Waals surface area contributed by atoms with E-state index in [0.29, 0.717) is 0 Å². The van der Waals surface area contributed by atoms with Crippen molar-refractivity contribution in [3.05, 3.63) is 48.5 Å². The molecule has 11 nitrogen and oxygen atoms in total. The quantitative estimate of drug-likeness (QED) is 0.197. The van der Waals surface area contributed by atoms with E-state index >= 15 is 0 Å². The first-order valence-corrected chi connectivity index (χ1v) is 10.5. The van der Waals surface area contributed by atoms with Crippen LogP contribution >= 0.6 is 7.60 Å². The van der Waals surface area contributed by atoms with Gasteiger partial charge in [0.15, 0.2) is 0 Å². The van der Waals surface area contributed by atoms with E-state index < -0.39 is 37.6 Å². The predicted molar refractivity (Wildman–Crippen MR) is 92.1 cm³/mol. The predicted octanol–water partition coefficient (Wildman–Crippen LogP) is -6.35. The van der Waals surface area contributed by atoms with Gasteiger partial charge in [0.2, 0.25) is 0 Å². The summed E-state index contributed by atoms with van der Waals surface area (Å²) in [6, 6.07) is 7.94. The van der Waals surface area contributed by atoms with Crippen LogP contribution in [0.1, 0.15) is 2.85 Å². The maximum Gasteiger partial charge on any atom is 1.00 e. The van der Waals surface area contributed by atoms with Gasteiger partial charge in [-0.05, 0) is 48.5 Å². The summed E-state index contributed by atoms with van der Waals surface area (Å²) in [6.07, 6.45) is 0. The fourth-order valence-corrected chi connectivity index (χ4v) is 3.67. The molecule has 0 bridgehead atoms. The van der Waals surface area contributed by atoms with Crippen LogP contribution in [0.4, 0.5) is 0 Å². The molecule has 0 fully saturated rings. The Morgan fingerprint density at radius 2 is 1.07 bits per heavy atom. The number of rotatable bonds is 5. The average molecular weight is 511 g/mol. The summed E-state index contributed by atoms with van der Waals surface area (Å²) in [5.74, 6) is -0.146. The van der Waals surface area contributed by atoms with Crippen LogP contribution in [0.2, 0.25) is 0 Å². The monoisotopic (exact) mass is 510 g/mol. The van der Waals surface area contributed by atoms with Crippen LogP contribution in [0.25, 0.3) is 0 Å². The van der Waals surface area contributed by atoms with Crippen LogP contribution in [0, 0.1) is 0 Å². The van der Waals surface area contributed by atoms with E-state index in [-0.39, 0.29) is 128 Å². The molecule has 150 valence electrons. The van der Waals surface area contributed by atoms with Crippen LogP contribution in [-0.2, 0) is 24.8 Å². The van der Waals surface area contributed by atoms with Gasteiger partial charge in [-0.2, -0.15) is 16.8 Å². The Balaban J connectivity index is -0.000000347. The molecule has 0 saturated carbocycles. The van der Waals surface area contributed by atoms with E-state index in [4.69, 9.17) is 13.6 Å². The van der Waals surface area contributed by atoms with E-state index in [0.717, 1.165) is 48.5 Å². The number of hydrogen-bond acceptors (Lipinski definition) is 6. The molecule has 0 aromatic heterocycles. The van der Waals surface area contributed by atoms with Crippen molar-refractivity contribution < 1.29 is 156 Å². The number of benzene rings is 2. The molecule has 28 heavy (non-hydrogen) atoms. The normalized spacial score (nSPS) is 12.7. The molecule has 0 amide bonds. The Morgan fingerprint density at radius 1 is 0.750 bits per heavy atom. The second-order valence-corrected chi connectivity index (χ2v) is 9.11. The van der Waals surface area contributed by atoms with Crippen molar-refractivity contribution in [1.29, 1.82) is 0 Å². The topological polar surface area (TPSA) is 218 Å². The first-order valence-electron chi connectivity index (χ1n) is 6.08. The van der Waals surface area contributed by atoms with Crippen LogP contribution in [0.5, 0.6) is 5.75 Å². The first-order chi connectivity index (χ1) is 10.9. The van der Waals surface area contributed by atoms with Gasteiger partial charge in [0.25, 0.3) is 20.2 Å². The average Bonchev–Trinajstić information content (AvgIpc) is 2.46. The zero-order chi connectivity index (χ0) is 18.2. The van der Waals surface area contributed by atoms with Crippen molar-refractivity contribution >= 4 is 33.1 Å². The molecule has 0 spiro atoms. The number of hydrogen-bond donors (Lipinski definition) is 3. The van der Waals surface area contributed by atoms with Crippen molar-refractivity contribution in [1.82, 2.24) is 0 Å². The third kappa shape index (κ3) is 9.71.